The minimum Gasteiger partial charge on any atom is -0.444 e. The largest absolute Gasteiger partial charge is 0.444 e. The second kappa shape index (κ2) is 6.30. The number of hydrogen-bond donors (Lipinski definition) is 0. The van der Waals surface area contributed by atoms with Crippen LogP contribution in [0.2, 0.25) is 0 Å². The van der Waals surface area contributed by atoms with Crippen molar-refractivity contribution in [2.75, 3.05) is 25.0 Å². The average Bonchev–Trinajstić information content (AvgIpc) is 3.12. The molecule has 24 heavy (non-hydrogen) atoms. The highest BCUT2D eigenvalue weighted by molar-refractivity contribution is 5.68. The van der Waals surface area contributed by atoms with Crippen LogP contribution in [0.4, 0.5) is 10.6 Å². The number of likely N-dealkylation sites (N-methyl/N-ethyl adjacent to an activating group) is 1. The maximum absolute atomic E-state index is 12.2. The Morgan fingerprint density at radius 2 is 2.21 bits per heavy atom. The zero-order valence-corrected chi connectivity index (χ0v) is 14.8. The number of nitrogens with zero attached hydrogens (tertiary/aromatic N) is 5. The zero-order chi connectivity index (χ0) is 17.3. The second-order valence-electron chi connectivity index (χ2n) is 7.27. The van der Waals surface area contributed by atoms with E-state index in [2.05, 4.69) is 15.0 Å². The van der Waals surface area contributed by atoms with Gasteiger partial charge in [0, 0.05) is 38.6 Å². The molecule has 1 amide bonds. The van der Waals surface area contributed by atoms with Crippen LogP contribution in [0.5, 0.6) is 0 Å². The first-order valence-corrected chi connectivity index (χ1v) is 8.35. The first-order valence-electron chi connectivity index (χ1n) is 8.35. The van der Waals surface area contributed by atoms with Crippen molar-refractivity contribution in [3.63, 3.8) is 0 Å². The Bertz CT molecular complexity index is 721. The fourth-order valence-corrected chi connectivity index (χ4v) is 3.02. The highest BCUT2D eigenvalue weighted by atomic mass is 16.6. The number of amides is 1. The molecule has 0 saturated carbocycles. The minimum atomic E-state index is -0.477. The third kappa shape index (κ3) is 3.60. The van der Waals surface area contributed by atoms with Crippen LogP contribution in [0.25, 0.3) is 5.65 Å². The zero-order valence-electron chi connectivity index (χ0n) is 14.8. The number of carbonyl (C=O) groups excluding carboxylic acids is 1. The summed E-state index contributed by atoms with van der Waals surface area (Å²) < 4.78 is 7.22. The molecule has 0 aromatic carbocycles. The Morgan fingerprint density at radius 1 is 1.42 bits per heavy atom. The first-order chi connectivity index (χ1) is 11.3. The molecular weight excluding hydrogens is 306 g/mol. The number of anilines is 1. The van der Waals surface area contributed by atoms with Gasteiger partial charge in [0.25, 0.3) is 0 Å². The normalized spacial score (nSPS) is 18.2. The molecule has 1 fully saturated rings. The van der Waals surface area contributed by atoms with Crippen molar-refractivity contribution in [3.05, 3.63) is 24.5 Å². The molecule has 1 aliphatic rings. The van der Waals surface area contributed by atoms with Crippen molar-refractivity contribution < 1.29 is 9.53 Å². The van der Waals surface area contributed by atoms with E-state index in [1.165, 1.54) is 0 Å². The van der Waals surface area contributed by atoms with Gasteiger partial charge in [-0.25, -0.2) is 14.3 Å². The van der Waals surface area contributed by atoms with Gasteiger partial charge in [-0.3, -0.25) is 0 Å². The molecule has 1 atom stereocenters. The van der Waals surface area contributed by atoms with E-state index in [1.54, 1.807) is 22.7 Å². The van der Waals surface area contributed by atoms with Crippen LogP contribution in [0.3, 0.4) is 0 Å². The van der Waals surface area contributed by atoms with Crippen molar-refractivity contribution in [2.24, 2.45) is 0 Å². The molecule has 130 valence electrons. The van der Waals surface area contributed by atoms with E-state index in [-0.39, 0.29) is 12.1 Å². The minimum absolute atomic E-state index is 0.246. The summed E-state index contributed by atoms with van der Waals surface area (Å²) in [5, 5.41) is 4.62. The van der Waals surface area contributed by atoms with E-state index >= 15 is 0 Å². The van der Waals surface area contributed by atoms with Crippen molar-refractivity contribution >= 4 is 17.6 Å². The number of carbonyl (C=O) groups is 1. The van der Waals surface area contributed by atoms with Crippen LogP contribution in [0.15, 0.2) is 24.5 Å². The lowest BCUT2D eigenvalue weighted by molar-refractivity contribution is 0.0290. The maximum Gasteiger partial charge on any atom is 0.410 e. The predicted molar refractivity (Wildman–Crippen MR) is 92.2 cm³/mol. The van der Waals surface area contributed by atoms with Crippen LogP contribution < -0.4 is 4.90 Å². The molecule has 2 aromatic heterocycles. The first kappa shape index (κ1) is 16.5. The molecule has 0 N–H and O–H groups in total. The van der Waals surface area contributed by atoms with Crippen molar-refractivity contribution in [1.82, 2.24) is 19.5 Å². The second-order valence-corrected chi connectivity index (χ2v) is 7.27. The van der Waals surface area contributed by atoms with E-state index in [4.69, 9.17) is 4.74 Å². The molecule has 2 aromatic rings. The predicted octanol–water partition coefficient (Wildman–Crippen LogP) is 2.57. The lowest BCUT2D eigenvalue weighted by Gasteiger charge is -2.30. The number of aromatic nitrogens is 3. The fraction of sp³-hybridized carbons (Fsp3) is 0.588. The van der Waals surface area contributed by atoms with E-state index < -0.39 is 5.60 Å². The van der Waals surface area contributed by atoms with Gasteiger partial charge in [-0.15, -0.1) is 5.10 Å². The lowest BCUT2D eigenvalue weighted by atomic mass is 10.2. The number of rotatable bonds is 3. The van der Waals surface area contributed by atoms with E-state index in [9.17, 15) is 4.79 Å². The summed E-state index contributed by atoms with van der Waals surface area (Å²) in [7, 11) is 1.79. The van der Waals surface area contributed by atoms with Crippen LogP contribution in [-0.4, -0.2) is 57.4 Å². The molecule has 1 saturated heterocycles. The Morgan fingerprint density at radius 3 is 2.96 bits per heavy atom. The SMILES string of the molecule is CN(C[C@H]1CCCN1c1ccc2nccn2n1)C(=O)OC(C)(C)C. The molecule has 0 radical (unpaired) electrons. The van der Waals surface area contributed by atoms with E-state index in [0.717, 1.165) is 30.9 Å². The van der Waals surface area contributed by atoms with Gasteiger partial charge in [0.15, 0.2) is 5.65 Å². The number of ether oxygens (including phenoxy) is 1. The number of hydrogen-bond acceptors (Lipinski definition) is 5. The quantitative estimate of drug-likeness (QED) is 0.865. The Hall–Kier alpha value is -2.31. The summed E-state index contributed by atoms with van der Waals surface area (Å²) in [5.41, 5.74) is 0.356. The van der Waals surface area contributed by atoms with E-state index in [0.29, 0.717) is 6.54 Å². The third-order valence-corrected chi connectivity index (χ3v) is 4.10. The molecule has 7 heteroatoms. The monoisotopic (exact) mass is 331 g/mol. The van der Waals surface area contributed by atoms with Gasteiger partial charge in [0.05, 0.1) is 0 Å². The molecule has 7 nitrogen and oxygen atoms in total. The molecule has 3 rings (SSSR count). The van der Waals surface area contributed by atoms with Gasteiger partial charge in [-0.05, 0) is 45.7 Å². The van der Waals surface area contributed by atoms with Gasteiger partial charge in [-0.1, -0.05) is 0 Å². The van der Waals surface area contributed by atoms with Crippen LogP contribution >= 0.6 is 0 Å². The highest BCUT2D eigenvalue weighted by Gasteiger charge is 2.29. The molecule has 0 bridgehead atoms. The van der Waals surface area contributed by atoms with Gasteiger partial charge < -0.3 is 14.5 Å². The van der Waals surface area contributed by atoms with Crippen molar-refractivity contribution in [3.8, 4) is 0 Å². The molecular formula is C17H25N5O2. The number of fused-ring (bicyclic) bond motifs is 1. The van der Waals surface area contributed by atoms with Gasteiger partial charge in [0.1, 0.15) is 11.4 Å². The molecule has 0 unspecified atom stereocenters. The lowest BCUT2D eigenvalue weighted by Crippen LogP contribution is -2.43. The Labute approximate surface area is 142 Å². The molecule has 0 spiro atoms. The van der Waals surface area contributed by atoms with Crippen molar-refractivity contribution in [2.45, 2.75) is 45.3 Å². The summed E-state index contributed by atoms with van der Waals surface area (Å²) in [5.74, 6) is 0.917. The topological polar surface area (TPSA) is 63.0 Å². The summed E-state index contributed by atoms with van der Waals surface area (Å²) in [6.45, 7) is 7.21. The van der Waals surface area contributed by atoms with E-state index in [1.807, 2.05) is 39.1 Å². The molecule has 0 aliphatic carbocycles. The number of imidazole rings is 1. The van der Waals surface area contributed by atoms with Crippen LogP contribution in [0.1, 0.15) is 33.6 Å². The van der Waals surface area contributed by atoms with Crippen LogP contribution in [-0.2, 0) is 4.74 Å². The molecule has 3 heterocycles. The van der Waals surface area contributed by atoms with Crippen molar-refractivity contribution in [1.29, 1.82) is 0 Å². The standard InChI is InChI=1S/C17H25N5O2/c1-17(2,3)24-16(23)20(4)12-13-6-5-10-21(13)15-8-7-14-18-9-11-22(14)19-15/h7-9,11,13H,5-6,10,12H2,1-4H3/t13-/m1/s1. The fourth-order valence-electron chi connectivity index (χ4n) is 3.02. The summed E-state index contributed by atoms with van der Waals surface area (Å²) in [4.78, 5) is 20.3. The third-order valence-electron chi connectivity index (χ3n) is 4.10. The Kier molecular flexibility index (Phi) is 4.34. The van der Waals surface area contributed by atoms with Crippen LogP contribution in [0, 0.1) is 0 Å². The Balaban J connectivity index is 1.70. The maximum atomic E-state index is 12.2. The van der Waals surface area contributed by atoms with Gasteiger partial charge in [-0.2, -0.15) is 0 Å². The van der Waals surface area contributed by atoms with Gasteiger partial charge in [0.2, 0.25) is 0 Å². The molecule has 1 aliphatic heterocycles. The smallest absolute Gasteiger partial charge is 0.410 e. The summed E-state index contributed by atoms with van der Waals surface area (Å²) >= 11 is 0. The summed E-state index contributed by atoms with van der Waals surface area (Å²) in [6.07, 6.45) is 5.43. The van der Waals surface area contributed by atoms with Gasteiger partial charge >= 0.3 is 6.09 Å². The average molecular weight is 331 g/mol. The highest BCUT2D eigenvalue weighted by Crippen LogP contribution is 2.24. The summed E-state index contributed by atoms with van der Waals surface area (Å²) in [6, 6.07) is 4.21.